The first-order valence-corrected chi connectivity index (χ1v) is 9.47. The van der Waals surface area contributed by atoms with Crippen molar-refractivity contribution in [2.24, 2.45) is 17.8 Å². The summed E-state index contributed by atoms with van der Waals surface area (Å²) >= 11 is 0. The van der Waals surface area contributed by atoms with Gasteiger partial charge >= 0.3 is 0 Å². The van der Waals surface area contributed by atoms with Gasteiger partial charge in [-0.15, -0.1) is 0 Å². The van der Waals surface area contributed by atoms with E-state index >= 15 is 0 Å². The standard InChI is InChI=1S/C19H26N4O2/c1-17(2)19(23-15(24)14-12-5-3-6-13(12)14)9-18(10-19,25-17)11-22-16-20-7-4-8-21-16/h4,7-8,12-14H,3,5-6,9-11H2,1-2H3,(H,23,24)(H,20,21,22). The Hall–Kier alpha value is -1.69. The third kappa shape index (κ3) is 2.23. The Morgan fingerprint density at radius 3 is 2.60 bits per heavy atom. The first kappa shape index (κ1) is 15.6. The zero-order chi connectivity index (χ0) is 17.3. The highest BCUT2D eigenvalue weighted by atomic mass is 16.5. The molecule has 2 saturated heterocycles. The number of ether oxygens (including phenoxy) is 1. The van der Waals surface area contributed by atoms with Crippen LogP contribution in [0.5, 0.6) is 0 Å². The molecule has 6 rings (SSSR count). The number of fused-ring (bicyclic) bond motifs is 2. The Morgan fingerprint density at radius 2 is 1.92 bits per heavy atom. The van der Waals surface area contributed by atoms with Crippen molar-refractivity contribution in [3.8, 4) is 0 Å². The number of anilines is 1. The number of carbonyl (C=O) groups excluding carboxylic acids is 1. The van der Waals surface area contributed by atoms with E-state index in [-0.39, 0.29) is 28.6 Å². The van der Waals surface area contributed by atoms with E-state index in [0.29, 0.717) is 24.3 Å². The molecule has 134 valence electrons. The molecule has 1 aromatic heterocycles. The number of hydrogen-bond acceptors (Lipinski definition) is 5. The molecule has 5 fully saturated rings. The van der Waals surface area contributed by atoms with Gasteiger partial charge in [-0.1, -0.05) is 6.42 Å². The summed E-state index contributed by atoms with van der Waals surface area (Å²) < 4.78 is 6.40. The van der Waals surface area contributed by atoms with Gasteiger partial charge in [-0.25, -0.2) is 9.97 Å². The van der Waals surface area contributed by atoms with Crippen LogP contribution in [0.3, 0.4) is 0 Å². The first-order chi connectivity index (χ1) is 11.9. The molecule has 2 atom stereocenters. The fraction of sp³-hybridized carbons (Fsp3) is 0.737. The van der Waals surface area contributed by atoms with E-state index in [2.05, 4.69) is 34.4 Å². The molecule has 6 heteroatoms. The van der Waals surface area contributed by atoms with Crippen molar-refractivity contribution < 1.29 is 9.53 Å². The molecule has 25 heavy (non-hydrogen) atoms. The molecule has 2 N–H and O–H groups in total. The third-order valence-corrected chi connectivity index (χ3v) is 7.08. The van der Waals surface area contributed by atoms with Crippen LogP contribution in [0.2, 0.25) is 0 Å². The van der Waals surface area contributed by atoms with Crippen LogP contribution in [0, 0.1) is 17.8 Å². The predicted octanol–water partition coefficient (Wildman–Crippen LogP) is 2.13. The SMILES string of the molecule is CC1(C)OC2(CNc3ncccn3)CC1(NC(=O)C1C3CCCC31)C2. The number of amides is 1. The molecule has 0 aromatic carbocycles. The maximum absolute atomic E-state index is 12.8. The molecule has 3 saturated carbocycles. The highest BCUT2D eigenvalue weighted by Crippen LogP contribution is 2.62. The average molecular weight is 342 g/mol. The zero-order valence-electron chi connectivity index (χ0n) is 14.9. The summed E-state index contributed by atoms with van der Waals surface area (Å²) in [6.45, 7) is 4.89. The van der Waals surface area contributed by atoms with Crippen molar-refractivity contribution >= 4 is 11.9 Å². The maximum Gasteiger partial charge on any atom is 0.224 e. The van der Waals surface area contributed by atoms with Crippen LogP contribution in [0.15, 0.2) is 18.5 Å². The number of nitrogens with zero attached hydrogens (tertiary/aromatic N) is 2. The fourth-order valence-electron chi connectivity index (χ4n) is 5.75. The normalized spacial score (nSPS) is 42.4. The number of nitrogens with one attached hydrogen (secondary N) is 2. The Morgan fingerprint density at radius 1 is 1.24 bits per heavy atom. The monoisotopic (exact) mass is 342 g/mol. The lowest BCUT2D eigenvalue weighted by Crippen LogP contribution is -2.66. The summed E-state index contributed by atoms with van der Waals surface area (Å²) in [5.74, 6) is 2.47. The van der Waals surface area contributed by atoms with Gasteiger partial charge in [-0.2, -0.15) is 0 Å². The quantitative estimate of drug-likeness (QED) is 0.857. The van der Waals surface area contributed by atoms with Crippen LogP contribution < -0.4 is 10.6 Å². The summed E-state index contributed by atoms with van der Waals surface area (Å²) in [5.41, 5.74) is -0.790. The Balaban J connectivity index is 1.24. The van der Waals surface area contributed by atoms with E-state index in [1.165, 1.54) is 19.3 Å². The minimum absolute atomic E-state index is 0.222. The van der Waals surface area contributed by atoms with Gasteiger partial charge in [0.1, 0.15) is 0 Å². The first-order valence-electron chi connectivity index (χ1n) is 9.47. The number of aromatic nitrogens is 2. The van der Waals surface area contributed by atoms with Gasteiger partial charge in [0.05, 0.1) is 16.7 Å². The lowest BCUT2D eigenvalue weighted by atomic mass is 9.62. The molecule has 2 unspecified atom stereocenters. The average Bonchev–Trinajstić information content (AvgIpc) is 2.83. The third-order valence-electron chi connectivity index (χ3n) is 7.08. The molecular formula is C19H26N4O2. The van der Waals surface area contributed by atoms with Gasteiger partial charge in [-0.05, 0) is 44.6 Å². The fourth-order valence-corrected chi connectivity index (χ4v) is 5.75. The number of hydrogen-bond donors (Lipinski definition) is 2. The molecule has 3 heterocycles. The van der Waals surface area contributed by atoms with Crippen molar-refractivity contribution in [2.45, 2.75) is 62.7 Å². The molecule has 0 spiro atoms. The molecule has 2 bridgehead atoms. The lowest BCUT2D eigenvalue weighted by Gasteiger charge is -2.47. The molecule has 1 amide bonds. The number of rotatable bonds is 5. The minimum Gasteiger partial charge on any atom is -0.365 e. The van der Waals surface area contributed by atoms with Gasteiger partial charge in [0.25, 0.3) is 0 Å². The number of carbonyl (C=O) groups is 1. The maximum atomic E-state index is 12.8. The van der Waals surface area contributed by atoms with Crippen molar-refractivity contribution in [3.63, 3.8) is 0 Å². The van der Waals surface area contributed by atoms with Crippen LogP contribution in [0.25, 0.3) is 0 Å². The van der Waals surface area contributed by atoms with Crippen LogP contribution >= 0.6 is 0 Å². The molecular weight excluding hydrogens is 316 g/mol. The summed E-state index contributed by atoms with van der Waals surface area (Å²) in [6.07, 6.45) is 8.95. The molecule has 3 aliphatic carbocycles. The lowest BCUT2D eigenvalue weighted by molar-refractivity contribution is -0.126. The van der Waals surface area contributed by atoms with Crippen molar-refractivity contribution in [1.82, 2.24) is 15.3 Å². The predicted molar refractivity (Wildman–Crippen MR) is 92.8 cm³/mol. The van der Waals surface area contributed by atoms with Crippen molar-refractivity contribution in [3.05, 3.63) is 18.5 Å². The van der Waals surface area contributed by atoms with Crippen LogP contribution in [0.1, 0.15) is 46.0 Å². The summed E-state index contributed by atoms with van der Waals surface area (Å²) in [6, 6.07) is 1.80. The second-order valence-electron chi connectivity index (χ2n) is 8.93. The molecule has 5 aliphatic rings. The van der Waals surface area contributed by atoms with E-state index in [4.69, 9.17) is 4.74 Å². The topological polar surface area (TPSA) is 76.1 Å². The Bertz CT molecular complexity index is 689. The largest absolute Gasteiger partial charge is 0.365 e. The second-order valence-corrected chi connectivity index (χ2v) is 8.93. The molecule has 0 radical (unpaired) electrons. The minimum atomic E-state index is -0.341. The van der Waals surface area contributed by atoms with E-state index in [1.54, 1.807) is 18.5 Å². The highest BCUT2D eigenvalue weighted by molar-refractivity contribution is 5.83. The van der Waals surface area contributed by atoms with Gasteiger partial charge in [-0.3, -0.25) is 4.79 Å². The van der Waals surface area contributed by atoms with Gasteiger partial charge in [0.15, 0.2) is 0 Å². The van der Waals surface area contributed by atoms with E-state index in [1.807, 2.05) is 0 Å². The molecule has 6 nitrogen and oxygen atoms in total. The Labute approximate surface area is 148 Å². The second kappa shape index (κ2) is 4.93. The van der Waals surface area contributed by atoms with Gasteiger partial charge < -0.3 is 15.4 Å². The van der Waals surface area contributed by atoms with E-state index in [9.17, 15) is 4.79 Å². The van der Waals surface area contributed by atoms with Crippen LogP contribution in [0.4, 0.5) is 5.95 Å². The van der Waals surface area contributed by atoms with E-state index in [0.717, 1.165) is 12.8 Å². The van der Waals surface area contributed by atoms with Crippen LogP contribution in [-0.2, 0) is 9.53 Å². The van der Waals surface area contributed by atoms with Crippen molar-refractivity contribution in [1.29, 1.82) is 0 Å². The highest BCUT2D eigenvalue weighted by Gasteiger charge is 2.73. The van der Waals surface area contributed by atoms with Gasteiger partial charge in [0.2, 0.25) is 11.9 Å². The Kier molecular flexibility index (Phi) is 3.07. The van der Waals surface area contributed by atoms with Crippen LogP contribution in [-0.4, -0.2) is 39.2 Å². The van der Waals surface area contributed by atoms with Crippen molar-refractivity contribution in [2.75, 3.05) is 11.9 Å². The summed E-state index contributed by atoms with van der Waals surface area (Å²) in [4.78, 5) is 21.2. The molecule has 2 aliphatic heterocycles. The smallest absolute Gasteiger partial charge is 0.224 e. The molecule has 1 aromatic rings. The van der Waals surface area contributed by atoms with Gasteiger partial charge in [0, 0.05) is 37.7 Å². The van der Waals surface area contributed by atoms with E-state index < -0.39 is 0 Å². The summed E-state index contributed by atoms with van der Waals surface area (Å²) in [7, 11) is 0. The summed E-state index contributed by atoms with van der Waals surface area (Å²) in [5, 5.41) is 6.68. The zero-order valence-corrected chi connectivity index (χ0v) is 14.9.